The molecule has 0 aliphatic rings. The van der Waals surface area contributed by atoms with Gasteiger partial charge in [-0.2, -0.15) is 13.2 Å². The van der Waals surface area contributed by atoms with Gasteiger partial charge in [-0.15, -0.1) is 0 Å². The lowest BCUT2D eigenvalue weighted by Gasteiger charge is -2.08. The number of rotatable bonds is 9. The van der Waals surface area contributed by atoms with Crippen LogP contribution >= 0.6 is 0 Å². The smallest absolute Gasteiger partial charge is 0.416 e. The average molecular weight is 370 g/mol. The van der Waals surface area contributed by atoms with E-state index in [1.807, 2.05) is 30.3 Å². The van der Waals surface area contributed by atoms with Crippen molar-refractivity contribution >= 4 is 10.8 Å². The summed E-state index contributed by atoms with van der Waals surface area (Å²) in [6.45, 7) is 0.621. The predicted molar refractivity (Wildman–Crippen MR) is 93.9 cm³/mol. The van der Waals surface area contributed by atoms with Crippen LogP contribution < -0.4 is 4.74 Å². The average Bonchev–Trinajstić information content (AvgIpc) is 2.58. The van der Waals surface area contributed by atoms with Crippen molar-refractivity contribution in [3.8, 4) is 5.75 Å². The molecular formula is C19H21F3O2S. The second-order valence-electron chi connectivity index (χ2n) is 5.71. The van der Waals surface area contributed by atoms with Gasteiger partial charge in [0.05, 0.1) is 12.2 Å². The molecule has 1 unspecified atom stereocenters. The van der Waals surface area contributed by atoms with E-state index in [2.05, 4.69) is 0 Å². The van der Waals surface area contributed by atoms with Crippen molar-refractivity contribution in [3.63, 3.8) is 0 Å². The molecule has 2 aromatic carbocycles. The summed E-state index contributed by atoms with van der Waals surface area (Å²) in [5.74, 6) is 1.68. The van der Waals surface area contributed by atoms with Crippen LogP contribution in [0.1, 0.15) is 30.4 Å². The molecule has 136 valence electrons. The number of para-hydroxylation sites is 1. The fraction of sp³-hybridized carbons (Fsp3) is 0.368. The number of halogens is 3. The summed E-state index contributed by atoms with van der Waals surface area (Å²) in [7, 11) is -1.06. The minimum Gasteiger partial charge on any atom is -0.494 e. The molecule has 0 saturated heterocycles. The second-order valence-corrected chi connectivity index (χ2v) is 7.28. The number of alkyl halides is 3. The van der Waals surface area contributed by atoms with Gasteiger partial charge in [-0.25, -0.2) is 0 Å². The van der Waals surface area contributed by atoms with Gasteiger partial charge in [-0.05, 0) is 49.1 Å². The minimum atomic E-state index is -4.33. The van der Waals surface area contributed by atoms with E-state index < -0.39 is 22.5 Å². The zero-order valence-corrected chi connectivity index (χ0v) is 14.6. The molecule has 0 fully saturated rings. The highest BCUT2D eigenvalue weighted by atomic mass is 32.2. The Kier molecular flexibility index (Phi) is 7.50. The number of benzene rings is 2. The summed E-state index contributed by atoms with van der Waals surface area (Å²) in [6, 6.07) is 14.4. The summed E-state index contributed by atoms with van der Waals surface area (Å²) in [5.41, 5.74) is -0.0146. The van der Waals surface area contributed by atoms with E-state index in [1.54, 1.807) is 0 Å². The van der Waals surface area contributed by atoms with Crippen LogP contribution in [-0.2, 0) is 22.7 Å². The van der Waals surface area contributed by atoms with Crippen LogP contribution in [0.4, 0.5) is 13.2 Å². The van der Waals surface area contributed by atoms with Gasteiger partial charge in [-0.3, -0.25) is 4.21 Å². The predicted octanol–water partition coefficient (Wildman–Crippen LogP) is 5.20. The van der Waals surface area contributed by atoms with E-state index >= 15 is 0 Å². The quantitative estimate of drug-likeness (QED) is 0.567. The monoisotopic (exact) mass is 370 g/mol. The van der Waals surface area contributed by atoms with Crippen molar-refractivity contribution in [2.45, 2.75) is 31.2 Å². The lowest BCUT2D eigenvalue weighted by Crippen LogP contribution is -2.06. The molecule has 0 amide bonds. The van der Waals surface area contributed by atoms with Crippen molar-refractivity contribution in [2.24, 2.45) is 0 Å². The van der Waals surface area contributed by atoms with Crippen molar-refractivity contribution in [3.05, 3.63) is 65.7 Å². The van der Waals surface area contributed by atoms with Gasteiger partial charge in [-0.1, -0.05) is 30.3 Å². The van der Waals surface area contributed by atoms with Gasteiger partial charge >= 0.3 is 6.18 Å². The maximum absolute atomic E-state index is 12.5. The SMILES string of the molecule is O=S(CCCCCOc1ccccc1)Cc1ccc(C(F)(F)F)cc1. The Hall–Kier alpha value is -1.82. The van der Waals surface area contributed by atoms with Crippen molar-refractivity contribution in [1.29, 1.82) is 0 Å². The van der Waals surface area contributed by atoms with Crippen LogP contribution in [0.5, 0.6) is 5.75 Å². The fourth-order valence-corrected chi connectivity index (χ4v) is 3.53. The zero-order chi connectivity index (χ0) is 18.1. The lowest BCUT2D eigenvalue weighted by atomic mass is 10.1. The van der Waals surface area contributed by atoms with E-state index in [-0.39, 0.29) is 0 Å². The van der Waals surface area contributed by atoms with E-state index in [9.17, 15) is 17.4 Å². The van der Waals surface area contributed by atoms with Crippen LogP contribution in [0.15, 0.2) is 54.6 Å². The Balaban J connectivity index is 1.61. The van der Waals surface area contributed by atoms with Crippen molar-refractivity contribution in [2.75, 3.05) is 12.4 Å². The molecule has 0 radical (unpaired) electrons. The standard InChI is InChI=1S/C19H21F3O2S/c20-19(21,22)17-11-9-16(10-12-17)15-25(23)14-6-2-5-13-24-18-7-3-1-4-8-18/h1,3-4,7-12H,2,5-6,13-15H2. The molecule has 0 aliphatic heterocycles. The topological polar surface area (TPSA) is 26.3 Å². The minimum absolute atomic E-state index is 0.290. The maximum atomic E-state index is 12.5. The molecule has 25 heavy (non-hydrogen) atoms. The molecule has 2 aromatic rings. The molecular weight excluding hydrogens is 349 g/mol. The summed E-state index contributed by atoms with van der Waals surface area (Å²) in [6.07, 6.45) is -1.73. The Bertz CT molecular complexity index is 655. The van der Waals surface area contributed by atoms with Gasteiger partial charge in [0, 0.05) is 22.3 Å². The highest BCUT2D eigenvalue weighted by molar-refractivity contribution is 7.84. The number of unbranched alkanes of at least 4 members (excludes halogenated alkanes) is 2. The van der Waals surface area contributed by atoms with Crippen LogP contribution in [-0.4, -0.2) is 16.6 Å². The van der Waals surface area contributed by atoms with Crippen LogP contribution in [0, 0.1) is 0 Å². The normalized spacial score (nSPS) is 12.8. The van der Waals surface area contributed by atoms with E-state index in [1.165, 1.54) is 12.1 Å². The van der Waals surface area contributed by atoms with Crippen molar-refractivity contribution < 1.29 is 22.1 Å². The van der Waals surface area contributed by atoms with Gasteiger partial charge in [0.25, 0.3) is 0 Å². The number of hydrogen-bond donors (Lipinski definition) is 0. The van der Waals surface area contributed by atoms with E-state index in [0.29, 0.717) is 23.7 Å². The maximum Gasteiger partial charge on any atom is 0.416 e. The van der Waals surface area contributed by atoms with Crippen LogP contribution in [0.25, 0.3) is 0 Å². The third kappa shape index (κ3) is 7.30. The van der Waals surface area contributed by atoms with Crippen molar-refractivity contribution in [1.82, 2.24) is 0 Å². The number of hydrogen-bond acceptors (Lipinski definition) is 2. The lowest BCUT2D eigenvalue weighted by molar-refractivity contribution is -0.137. The highest BCUT2D eigenvalue weighted by Gasteiger charge is 2.29. The van der Waals surface area contributed by atoms with Gasteiger partial charge in [0.2, 0.25) is 0 Å². The Morgan fingerprint density at radius 3 is 2.20 bits per heavy atom. The Morgan fingerprint density at radius 1 is 0.880 bits per heavy atom. The summed E-state index contributed by atoms with van der Waals surface area (Å²) < 4.78 is 55.1. The molecule has 0 saturated carbocycles. The van der Waals surface area contributed by atoms with Gasteiger partial charge < -0.3 is 4.74 Å². The summed E-state index contributed by atoms with van der Waals surface area (Å²) in [5, 5.41) is 0. The third-order valence-corrected chi connectivity index (χ3v) is 5.04. The van der Waals surface area contributed by atoms with E-state index in [0.717, 1.165) is 37.1 Å². The molecule has 2 nitrogen and oxygen atoms in total. The third-order valence-electron chi connectivity index (χ3n) is 3.64. The molecule has 2 rings (SSSR count). The van der Waals surface area contributed by atoms with E-state index in [4.69, 9.17) is 4.74 Å². The first-order chi connectivity index (χ1) is 11.9. The zero-order valence-electron chi connectivity index (χ0n) is 13.8. The first-order valence-corrected chi connectivity index (χ1v) is 9.63. The highest BCUT2D eigenvalue weighted by Crippen LogP contribution is 2.29. The number of ether oxygens (including phenoxy) is 1. The van der Waals surface area contributed by atoms with Crippen LogP contribution in [0.3, 0.4) is 0 Å². The first-order valence-electron chi connectivity index (χ1n) is 8.14. The molecule has 0 heterocycles. The summed E-state index contributed by atoms with van der Waals surface area (Å²) >= 11 is 0. The molecule has 0 aliphatic carbocycles. The summed E-state index contributed by atoms with van der Waals surface area (Å²) in [4.78, 5) is 0. The first kappa shape index (κ1) is 19.5. The van der Waals surface area contributed by atoms with Crippen LogP contribution in [0.2, 0.25) is 0 Å². The largest absolute Gasteiger partial charge is 0.494 e. The molecule has 6 heteroatoms. The Morgan fingerprint density at radius 2 is 1.56 bits per heavy atom. The fourth-order valence-electron chi connectivity index (χ4n) is 2.30. The molecule has 0 N–H and O–H groups in total. The van der Waals surface area contributed by atoms with Gasteiger partial charge in [0.15, 0.2) is 0 Å². The Labute approximate surface area is 148 Å². The molecule has 1 atom stereocenters. The molecule has 0 spiro atoms. The van der Waals surface area contributed by atoms with Gasteiger partial charge in [0.1, 0.15) is 5.75 Å². The second kappa shape index (κ2) is 9.61. The molecule has 0 bridgehead atoms. The molecule has 0 aromatic heterocycles.